The third-order valence-electron chi connectivity index (χ3n) is 13.3. The van der Waals surface area contributed by atoms with Crippen molar-refractivity contribution in [1.29, 1.82) is 0 Å². The minimum absolute atomic E-state index is 0.0114. The number of aliphatic hydroxyl groups is 2. The van der Waals surface area contributed by atoms with Crippen LogP contribution in [0, 0.1) is 13.8 Å². The summed E-state index contributed by atoms with van der Waals surface area (Å²) < 4.78 is 74.5. The number of hydrogen-bond acceptors (Lipinski definition) is 13. The molecule has 2 N–H and O–H groups in total. The average Bonchev–Trinajstić information content (AvgIpc) is 3.54. The van der Waals surface area contributed by atoms with Crippen molar-refractivity contribution in [3.63, 3.8) is 0 Å². The molecule has 0 fully saturated rings. The zero-order chi connectivity index (χ0) is 61.5. The number of sulfone groups is 2. The average molecular weight is 1190 g/mol. The van der Waals surface area contributed by atoms with Gasteiger partial charge in [-0.2, -0.15) is 0 Å². The highest BCUT2D eigenvalue weighted by molar-refractivity contribution is 7.91. The highest BCUT2D eigenvalue weighted by atomic mass is 35.5. The van der Waals surface area contributed by atoms with Gasteiger partial charge in [-0.25, -0.2) is 26.4 Å². The molecule has 0 saturated carbocycles. The van der Waals surface area contributed by atoms with E-state index in [1.165, 1.54) is 7.11 Å². The molecular formula is C68H65ClO13S2. The molecule has 0 unspecified atom stereocenters. The number of methoxy groups -OCH3 is 2. The van der Waals surface area contributed by atoms with Crippen LogP contribution in [0.3, 0.4) is 0 Å². The Balaban J connectivity index is 0.000000252. The number of ether oxygens (including phenoxy) is 4. The number of halogens is 1. The Morgan fingerprint density at radius 3 is 0.976 bits per heavy atom. The van der Waals surface area contributed by atoms with Crippen molar-refractivity contribution in [3.8, 4) is 56.0 Å². The Morgan fingerprint density at radius 1 is 0.405 bits per heavy atom. The van der Waals surface area contributed by atoms with E-state index >= 15 is 0 Å². The lowest BCUT2D eigenvalue weighted by Gasteiger charge is -2.12. The molecule has 8 aromatic carbocycles. The number of hydrogen-bond donors (Lipinski definition) is 2. The first-order chi connectivity index (χ1) is 39.9. The largest absolute Gasteiger partial charge is 0.496 e. The maximum atomic E-state index is 13.4. The van der Waals surface area contributed by atoms with Crippen molar-refractivity contribution >= 4 is 48.5 Å². The fraction of sp³-hybridized carbons (Fsp3) is 0.162. The van der Waals surface area contributed by atoms with Gasteiger partial charge in [0.1, 0.15) is 24.7 Å². The first-order valence-electron chi connectivity index (χ1n) is 26.1. The van der Waals surface area contributed by atoms with Gasteiger partial charge in [0.05, 0.1) is 47.0 Å². The Labute approximate surface area is 496 Å². The molecule has 0 spiro atoms. The fourth-order valence-electron chi connectivity index (χ4n) is 8.29. The van der Waals surface area contributed by atoms with Crippen LogP contribution in [0.4, 0.5) is 0 Å². The van der Waals surface area contributed by atoms with Crippen LogP contribution < -0.4 is 9.47 Å². The quantitative estimate of drug-likeness (QED) is 0.0441. The minimum atomic E-state index is -3.77. The summed E-state index contributed by atoms with van der Waals surface area (Å²) in [5.41, 5.74) is 12.8. The summed E-state index contributed by atoms with van der Waals surface area (Å²) in [5, 5.41) is 18.6. The first-order valence-corrected chi connectivity index (χ1v) is 29.4. The number of aliphatic hydroxyl groups excluding tert-OH is 2. The second-order valence-corrected chi connectivity index (χ2v) is 23.8. The van der Waals surface area contributed by atoms with E-state index < -0.39 is 36.9 Å². The van der Waals surface area contributed by atoms with Crippen molar-refractivity contribution in [1.82, 2.24) is 0 Å². The van der Waals surface area contributed by atoms with Gasteiger partial charge in [0.15, 0.2) is 0 Å². The first kappa shape index (κ1) is 64.5. The van der Waals surface area contributed by atoms with E-state index in [0.29, 0.717) is 39.3 Å². The summed E-state index contributed by atoms with van der Waals surface area (Å²) >= 11 is 4.87. The summed E-state index contributed by atoms with van der Waals surface area (Å²) in [4.78, 5) is 34.2. The predicted molar refractivity (Wildman–Crippen MR) is 328 cm³/mol. The van der Waals surface area contributed by atoms with E-state index in [1.54, 1.807) is 137 Å². The molecule has 0 bridgehead atoms. The highest BCUT2D eigenvalue weighted by Crippen LogP contribution is 2.33. The van der Waals surface area contributed by atoms with E-state index in [4.69, 9.17) is 30.5 Å². The molecule has 8 aromatic rings. The second kappa shape index (κ2) is 29.0. The molecule has 0 aromatic heterocycles. The maximum Gasteiger partial charge on any atom is 0.333 e. The summed E-state index contributed by atoms with van der Waals surface area (Å²) in [5.74, 6) is 0.226. The van der Waals surface area contributed by atoms with Gasteiger partial charge in [-0.3, -0.25) is 4.79 Å². The van der Waals surface area contributed by atoms with Crippen molar-refractivity contribution < 1.29 is 60.4 Å². The van der Waals surface area contributed by atoms with Crippen molar-refractivity contribution in [2.45, 2.75) is 80.6 Å². The Bertz CT molecular complexity index is 3950. The molecule has 0 heterocycles. The summed E-state index contributed by atoms with van der Waals surface area (Å²) in [6.45, 7) is 19.0. The van der Waals surface area contributed by atoms with E-state index in [1.807, 2.05) is 74.5 Å². The number of carbonyl (C=O) groups excluding carboxylic acids is 3. The van der Waals surface area contributed by atoms with E-state index in [-0.39, 0.29) is 46.0 Å². The monoisotopic (exact) mass is 1190 g/mol. The van der Waals surface area contributed by atoms with Crippen molar-refractivity contribution in [3.05, 3.63) is 240 Å². The zero-order valence-corrected chi connectivity index (χ0v) is 50.1. The Morgan fingerprint density at radius 2 is 0.667 bits per heavy atom. The number of allylic oxidation sites excluding steroid dienone is 1. The standard InChI is InChI=1S/C36H34O7S.C28H26O5S.C4H5ClO/c1-23(2)35(37)42-21-30-19-28(8-7-25(30)5)26-9-14-32(15-10-26)44(39,40)33-16-11-27(12-17-33)29-13-18-34(41-6)31(20-29)22-43-36(38)24(3)4;1-19-3-4-22(15-24(19)17-29)20-5-10-26(11-6-20)34(31,32)27-12-7-21(8-13-27)23-9-14-28(33-2)25(16-23)18-30;1-3(2)4(5)6/h7-20H,1,3,21-22H2,2,4-6H3;3-16,29-30H,17-18H2,1-2H3;1H2,2H3. The van der Waals surface area contributed by atoms with Gasteiger partial charge >= 0.3 is 11.9 Å². The normalized spacial score (nSPS) is 10.9. The second-order valence-electron chi connectivity index (χ2n) is 19.5. The lowest BCUT2D eigenvalue weighted by molar-refractivity contribution is -0.141. The van der Waals surface area contributed by atoms with Gasteiger partial charge in [-0.15, -0.1) is 0 Å². The number of rotatable bonds is 19. The van der Waals surface area contributed by atoms with Gasteiger partial charge in [-0.1, -0.05) is 105 Å². The van der Waals surface area contributed by atoms with Crippen molar-refractivity contribution in [2.24, 2.45) is 0 Å². The van der Waals surface area contributed by atoms with Crippen LogP contribution in [0.15, 0.2) is 226 Å². The van der Waals surface area contributed by atoms with E-state index in [2.05, 4.69) is 19.7 Å². The van der Waals surface area contributed by atoms with Crippen LogP contribution in [0.1, 0.15) is 54.2 Å². The third kappa shape index (κ3) is 16.3. The molecule has 434 valence electrons. The third-order valence-corrected chi connectivity index (χ3v) is 17.2. The van der Waals surface area contributed by atoms with E-state index in [9.17, 15) is 41.4 Å². The maximum absolute atomic E-state index is 13.4. The number of benzene rings is 8. The Kier molecular flexibility index (Phi) is 22.3. The minimum Gasteiger partial charge on any atom is -0.496 e. The topological polar surface area (TPSA) is 197 Å². The zero-order valence-electron chi connectivity index (χ0n) is 47.7. The highest BCUT2D eigenvalue weighted by Gasteiger charge is 2.21. The molecule has 0 atom stereocenters. The summed E-state index contributed by atoms with van der Waals surface area (Å²) in [7, 11) is -4.37. The number of carbonyl (C=O) groups is 3. The van der Waals surface area contributed by atoms with Crippen LogP contribution in [-0.2, 0) is 70.0 Å². The van der Waals surface area contributed by atoms with Crippen LogP contribution in [0.5, 0.6) is 11.5 Å². The number of aryl methyl sites for hydroxylation is 2. The predicted octanol–water partition coefficient (Wildman–Crippen LogP) is 13.9. The van der Waals surface area contributed by atoms with Crippen LogP contribution in [-0.4, -0.2) is 58.4 Å². The van der Waals surface area contributed by atoms with Gasteiger partial charge in [0, 0.05) is 27.8 Å². The molecule has 0 aliphatic rings. The molecule has 16 heteroatoms. The van der Waals surface area contributed by atoms with Crippen LogP contribution >= 0.6 is 11.6 Å². The van der Waals surface area contributed by atoms with Crippen molar-refractivity contribution in [2.75, 3.05) is 14.2 Å². The Hall–Kier alpha value is -8.70. The molecule has 0 aliphatic carbocycles. The van der Waals surface area contributed by atoms with Gasteiger partial charge in [-0.05, 0) is 198 Å². The molecular weight excluding hydrogens is 1120 g/mol. The van der Waals surface area contributed by atoms with Crippen LogP contribution in [0.2, 0.25) is 0 Å². The van der Waals surface area contributed by atoms with Gasteiger partial charge in [0.25, 0.3) is 0 Å². The fourth-order valence-corrected chi connectivity index (χ4v) is 10.8. The molecule has 0 radical (unpaired) electrons. The molecule has 8 rings (SSSR count). The number of esters is 2. The van der Waals surface area contributed by atoms with E-state index in [0.717, 1.165) is 66.8 Å². The SMILES string of the molecule is C=C(C)C(=O)Cl.C=C(C)C(=O)OCc1cc(-c2ccc(S(=O)(=O)c3ccc(-c4ccc(OC)c(COC(=O)C(=C)C)c4)cc3)cc2)ccc1C.COc1ccc(-c2ccc(S(=O)(=O)c3ccc(-c4ccc(C)c(CO)c4)cc3)cc2)cc1CO. The molecule has 0 amide bonds. The summed E-state index contributed by atoms with van der Waals surface area (Å²) in [6.07, 6.45) is 0. The van der Waals surface area contributed by atoms with Gasteiger partial charge in [0.2, 0.25) is 24.9 Å². The summed E-state index contributed by atoms with van der Waals surface area (Å²) in [6, 6.07) is 49.3. The molecule has 13 nitrogen and oxygen atoms in total. The molecule has 0 aliphatic heterocycles. The lowest BCUT2D eigenvalue weighted by atomic mass is 10.0. The van der Waals surface area contributed by atoms with Crippen LogP contribution in [0.25, 0.3) is 44.5 Å². The van der Waals surface area contributed by atoms with Gasteiger partial charge < -0.3 is 29.2 Å². The lowest BCUT2D eigenvalue weighted by Crippen LogP contribution is -2.06. The smallest absolute Gasteiger partial charge is 0.333 e. The molecule has 0 saturated heterocycles. The molecule has 84 heavy (non-hydrogen) atoms.